The molecule has 0 rings (SSSR count). The minimum atomic E-state index is 0.215. The molecule has 0 aliphatic rings. The molecule has 0 aliphatic carbocycles. The standard InChI is InChI=1S/C12H28P2/c1-11(2,3)13(7)9-10-14(8)12(4,5)6/h9-10H2,1-8H3/t13-,14-/m1/s1. The maximum Gasteiger partial charge on any atom is -0.0182 e. The molecule has 0 radical (unpaired) electrons. The Kier molecular flexibility index (Phi) is 5.59. The van der Waals surface area contributed by atoms with Crippen LogP contribution in [0.1, 0.15) is 41.5 Å². The Morgan fingerprint density at radius 1 is 0.643 bits per heavy atom. The van der Waals surface area contributed by atoms with Crippen molar-refractivity contribution in [3.8, 4) is 0 Å². The van der Waals surface area contributed by atoms with Crippen molar-refractivity contribution < 1.29 is 0 Å². The van der Waals surface area contributed by atoms with Crippen LogP contribution in [0.2, 0.25) is 0 Å². The predicted molar refractivity (Wildman–Crippen MR) is 74.9 cm³/mol. The summed E-state index contributed by atoms with van der Waals surface area (Å²) in [5.74, 6) is 0. The molecule has 0 aromatic heterocycles. The van der Waals surface area contributed by atoms with E-state index in [-0.39, 0.29) is 15.8 Å². The van der Waals surface area contributed by atoms with Crippen LogP contribution in [-0.2, 0) is 0 Å². The van der Waals surface area contributed by atoms with Crippen LogP contribution in [0.4, 0.5) is 0 Å². The van der Waals surface area contributed by atoms with Crippen molar-refractivity contribution in [3.63, 3.8) is 0 Å². The smallest absolute Gasteiger partial charge is 0.0182 e. The van der Waals surface area contributed by atoms with E-state index in [9.17, 15) is 0 Å². The van der Waals surface area contributed by atoms with Gasteiger partial charge in [-0.3, -0.25) is 0 Å². The van der Waals surface area contributed by atoms with Crippen LogP contribution in [0.3, 0.4) is 0 Å². The Bertz CT molecular complexity index is 142. The summed E-state index contributed by atoms with van der Waals surface area (Å²) in [6.07, 6.45) is 2.91. The van der Waals surface area contributed by atoms with Gasteiger partial charge < -0.3 is 0 Å². The molecule has 0 unspecified atom stereocenters. The second-order valence-electron chi connectivity index (χ2n) is 6.18. The number of hydrogen-bond donors (Lipinski definition) is 0. The third-order valence-corrected chi connectivity index (χ3v) is 9.78. The molecule has 0 aromatic rings. The summed E-state index contributed by atoms with van der Waals surface area (Å²) in [7, 11) is 0.430. The number of hydrogen-bond acceptors (Lipinski definition) is 0. The van der Waals surface area contributed by atoms with Crippen LogP contribution >= 0.6 is 15.8 Å². The third-order valence-electron chi connectivity index (χ3n) is 3.06. The highest BCUT2D eigenvalue weighted by atomic mass is 31.1. The van der Waals surface area contributed by atoms with E-state index in [4.69, 9.17) is 0 Å². The SMILES string of the molecule is C[P@](CC[P@@](C)C(C)(C)C)C(C)(C)C. The molecule has 0 saturated carbocycles. The Morgan fingerprint density at radius 3 is 1.00 bits per heavy atom. The first-order valence-corrected chi connectivity index (χ1v) is 9.42. The van der Waals surface area contributed by atoms with Crippen molar-refractivity contribution in [3.05, 3.63) is 0 Å². The molecule has 2 heteroatoms. The van der Waals surface area contributed by atoms with Gasteiger partial charge >= 0.3 is 0 Å². The van der Waals surface area contributed by atoms with Crippen LogP contribution in [0, 0.1) is 0 Å². The molecule has 0 heterocycles. The summed E-state index contributed by atoms with van der Waals surface area (Å²) in [6, 6.07) is 0. The first-order valence-electron chi connectivity index (χ1n) is 5.47. The van der Waals surface area contributed by atoms with E-state index in [1.165, 1.54) is 12.3 Å². The summed E-state index contributed by atoms with van der Waals surface area (Å²) in [5, 5.41) is 1.09. The first kappa shape index (κ1) is 14.9. The minimum absolute atomic E-state index is 0.215. The largest absolute Gasteiger partial charge is 0.104 e. The fraction of sp³-hybridized carbons (Fsp3) is 1.00. The van der Waals surface area contributed by atoms with Gasteiger partial charge in [-0.2, -0.15) is 0 Å². The summed E-state index contributed by atoms with van der Waals surface area (Å²) in [4.78, 5) is 0. The zero-order valence-corrected chi connectivity index (χ0v) is 13.1. The van der Waals surface area contributed by atoms with E-state index in [1.807, 2.05) is 0 Å². The second-order valence-corrected chi connectivity index (χ2v) is 12.6. The lowest BCUT2D eigenvalue weighted by Crippen LogP contribution is -2.17. The van der Waals surface area contributed by atoms with Gasteiger partial charge in [0.05, 0.1) is 0 Å². The molecule has 0 saturated heterocycles. The van der Waals surface area contributed by atoms with Gasteiger partial charge in [0.25, 0.3) is 0 Å². The van der Waals surface area contributed by atoms with Crippen LogP contribution in [-0.4, -0.2) is 36.0 Å². The quantitative estimate of drug-likeness (QED) is 0.615. The number of rotatable bonds is 3. The van der Waals surface area contributed by atoms with E-state index in [1.54, 1.807) is 0 Å². The van der Waals surface area contributed by atoms with Crippen molar-refractivity contribution in [2.45, 2.75) is 51.9 Å². The normalized spacial score (nSPS) is 18.0. The molecule has 2 atom stereocenters. The monoisotopic (exact) mass is 234 g/mol. The molecule has 0 nitrogen and oxygen atoms in total. The minimum Gasteiger partial charge on any atom is -0.104 e. The highest BCUT2D eigenvalue weighted by Gasteiger charge is 2.23. The summed E-state index contributed by atoms with van der Waals surface area (Å²) in [5.41, 5.74) is 0. The van der Waals surface area contributed by atoms with Crippen molar-refractivity contribution in [1.82, 2.24) is 0 Å². The van der Waals surface area contributed by atoms with Gasteiger partial charge in [0.1, 0.15) is 0 Å². The van der Waals surface area contributed by atoms with Crippen molar-refractivity contribution in [1.29, 1.82) is 0 Å². The topological polar surface area (TPSA) is 0 Å². The highest BCUT2D eigenvalue weighted by Crippen LogP contribution is 2.52. The lowest BCUT2D eigenvalue weighted by Gasteiger charge is -2.33. The van der Waals surface area contributed by atoms with Crippen molar-refractivity contribution >= 4 is 15.8 Å². The van der Waals surface area contributed by atoms with Gasteiger partial charge in [0, 0.05) is 0 Å². The molecule has 0 aromatic carbocycles. The van der Waals surface area contributed by atoms with E-state index < -0.39 is 0 Å². The lowest BCUT2D eigenvalue weighted by molar-refractivity contribution is 0.777. The molecule has 0 aliphatic heterocycles. The van der Waals surface area contributed by atoms with Gasteiger partial charge in [0.2, 0.25) is 0 Å². The average molecular weight is 234 g/mol. The summed E-state index contributed by atoms with van der Waals surface area (Å²) < 4.78 is 0. The average Bonchev–Trinajstić information content (AvgIpc) is 1.95. The predicted octanol–water partition coefficient (Wildman–Crippen LogP) is 4.81. The maximum absolute atomic E-state index is 2.46. The molecule has 86 valence electrons. The molecule has 0 bridgehead atoms. The van der Waals surface area contributed by atoms with E-state index >= 15 is 0 Å². The van der Waals surface area contributed by atoms with E-state index in [0.717, 1.165) is 0 Å². The zero-order valence-electron chi connectivity index (χ0n) is 11.3. The van der Waals surface area contributed by atoms with Gasteiger partial charge in [-0.15, -0.1) is 15.8 Å². The molecule has 0 amide bonds. The van der Waals surface area contributed by atoms with Gasteiger partial charge in [-0.25, -0.2) is 0 Å². The van der Waals surface area contributed by atoms with Gasteiger partial charge in [-0.1, -0.05) is 41.5 Å². The first-order chi connectivity index (χ1) is 6.05. The Labute approximate surface area is 93.8 Å². The maximum atomic E-state index is 2.46. The highest BCUT2D eigenvalue weighted by molar-refractivity contribution is 7.62. The fourth-order valence-corrected chi connectivity index (χ4v) is 4.71. The lowest BCUT2D eigenvalue weighted by atomic mass is 10.3. The van der Waals surface area contributed by atoms with Crippen LogP contribution in [0.5, 0.6) is 0 Å². The zero-order chi connectivity index (χ0) is 11.6. The summed E-state index contributed by atoms with van der Waals surface area (Å²) in [6.45, 7) is 19.2. The molecule has 0 N–H and O–H groups in total. The van der Waals surface area contributed by atoms with E-state index in [0.29, 0.717) is 10.3 Å². The Morgan fingerprint density at radius 2 is 0.857 bits per heavy atom. The fourth-order valence-electron chi connectivity index (χ4n) is 0.971. The molecule has 0 spiro atoms. The molecular weight excluding hydrogens is 206 g/mol. The van der Waals surface area contributed by atoms with Crippen molar-refractivity contribution in [2.24, 2.45) is 0 Å². The van der Waals surface area contributed by atoms with E-state index in [2.05, 4.69) is 54.9 Å². The molecular formula is C12H28P2. The Hall–Kier alpha value is 0.860. The third kappa shape index (κ3) is 5.67. The van der Waals surface area contributed by atoms with Gasteiger partial charge in [-0.05, 0) is 36.0 Å². The second kappa shape index (κ2) is 5.27. The van der Waals surface area contributed by atoms with Crippen LogP contribution < -0.4 is 0 Å². The molecule has 14 heavy (non-hydrogen) atoms. The Balaban J connectivity index is 3.96. The summed E-state index contributed by atoms with van der Waals surface area (Å²) >= 11 is 0. The van der Waals surface area contributed by atoms with Crippen LogP contribution in [0.15, 0.2) is 0 Å². The van der Waals surface area contributed by atoms with Gasteiger partial charge in [0.15, 0.2) is 0 Å². The van der Waals surface area contributed by atoms with Crippen LogP contribution in [0.25, 0.3) is 0 Å². The molecule has 0 fully saturated rings. The van der Waals surface area contributed by atoms with Crippen molar-refractivity contribution in [2.75, 3.05) is 25.7 Å².